The molecule has 0 fully saturated rings. The molecule has 0 unspecified atom stereocenters. The van der Waals surface area contributed by atoms with Crippen LogP contribution in [0.1, 0.15) is 50.7 Å². The number of nitrogens with one attached hydrogen (secondary N) is 1. The molecule has 1 rings (SSSR count). The van der Waals surface area contributed by atoms with Crippen molar-refractivity contribution >= 4 is 17.3 Å². The van der Waals surface area contributed by atoms with Gasteiger partial charge in [-0.25, -0.2) is 4.98 Å². The molecule has 0 aliphatic rings. The number of guanidine groups is 1. The number of aryl methyl sites for hydroxylation is 1. The van der Waals surface area contributed by atoms with Crippen LogP contribution in [0.2, 0.25) is 0 Å². The summed E-state index contributed by atoms with van der Waals surface area (Å²) in [6.45, 7) is 11.3. The maximum atomic E-state index is 4.72. The van der Waals surface area contributed by atoms with Gasteiger partial charge in [-0.1, -0.05) is 26.7 Å². The molecule has 1 heterocycles. The molecular formula is C16H30N4S. The molecule has 0 saturated heterocycles. The van der Waals surface area contributed by atoms with Gasteiger partial charge in [0.1, 0.15) is 0 Å². The van der Waals surface area contributed by atoms with E-state index in [1.54, 1.807) is 11.3 Å². The first-order valence-corrected chi connectivity index (χ1v) is 8.81. The summed E-state index contributed by atoms with van der Waals surface area (Å²) < 4.78 is 0. The lowest BCUT2D eigenvalue weighted by Gasteiger charge is -2.21. The number of hydrogen-bond acceptors (Lipinski definition) is 3. The van der Waals surface area contributed by atoms with Crippen molar-refractivity contribution in [3.63, 3.8) is 0 Å². The Balaban J connectivity index is 2.46. The van der Waals surface area contributed by atoms with Gasteiger partial charge in [0.2, 0.25) is 0 Å². The molecule has 0 atom stereocenters. The van der Waals surface area contributed by atoms with Gasteiger partial charge < -0.3 is 10.2 Å². The summed E-state index contributed by atoms with van der Waals surface area (Å²) in [5.74, 6) is 1.77. The molecule has 1 N–H and O–H groups in total. The highest BCUT2D eigenvalue weighted by Crippen LogP contribution is 2.10. The Morgan fingerprint density at radius 1 is 1.43 bits per heavy atom. The topological polar surface area (TPSA) is 40.5 Å². The summed E-state index contributed by atoms with van der Waals surface area (Å²) in [6.07, 6.45) is 3.71. The number of rotatable bonds is 8. The highest BCUT2D eigenvalue weighted by molar-refractivity contribution is 7.09. The van der Waals surface area contributed by atoms with Gasteiger partial charge in [0, 0.05) is 25.5 Å². The van der Waals surface area contributed by atoms with Crippen molar-refractivity contribution in [2.75, 3.05) is 20.1 Å². The molecule has 0 aromatic carbocycles. The van der Waals surface area contributed by atoms with Crippen molar-refractivity contribution in [1.29, 1.82) is 0 Å². The van der Waals surface area contributed by atoms with E-state index in [1.807, 2.05) is 6.92 Å². The van der Waals surface area contributed by atoms with Gasteiger partial charge in [0.05, 0.1) is 17.2 Å². The summed E-state index contributed by atoms with van der Waals surface area (Å²) in [4.78, 5) is 11.4. The predicted octanol–water partition coefficient (Wildman–Crippen LogP) is 3.68. The first-order valence-electron chi connectivity index (χ1n) is 7.93. The highest BCUT2D eigenvalue weighted by Gasteiger charge is 2.08. The number of aromatic nitrogens is 1. The van der Waals surface area contributed by atoms with Gasteiger partial charge in [0.15, 0.2) is 5.96 Å². The van der Waals surface area contributed by atoms with Crippen LogP contribution in [0.25, 0.3) is 0 Å². The Bertz CT molecular complexity index is 426. The van der Waals surface area contributed by atoms with Gasteiger partial charge in [-0.15, -0.1) is 11.3 Å². The molecule has 1 aromatic rings. The molecule has 0 aliphatic heterocycles. The van der Waals surface area contributed by atoms with Gasteiger partial charge >= 0.3 is 0 Å². The molecule has 0 radical (unpaired) electrons. The lowest BCUT2D eigenvalue weighted by Crippen LogP contribution is -2.38. The maximum absolute atomic E-state index is 4.72. The smallest absolute Gasteiger partial charge is 0.194 e. The zero-order chi connectivity index (χ0) is 15.7. The summed E-state index contributed by atoms with van der Waals surface area (Å²) in [5.41, 5.74) is 1.12. The quantitative estimate of drug-likeness (QED) is 0.452. The van der Waals surface area contributed by atoms with Gasteiger partial charge in [-0.3, -0.25) is 4.99 Å². The minimum Gasteiger partial charge on any atom is -0.357 e. The standard InChI is InChI=1S/C16H30N4S/c1-6-17-16(18-10-8-7-9-13(2)3)20(5)11-15-12-21-14(4)19-15/h12-13H,6-11H2,1-5H3,(H,17,18). The Morgan fingerprint density at radius 3 is 2.76 bits per heavy atom. The molecule has 4 nitrogen and oxygen atoms in total. The van der Waals surface area contributed by atoms with Crippen LogP contribution >= 0.6 is 11.3 Å². The fourth-order valence-corrected chi connectivity index (χ4v) is 2.72. The van der Waals surface area contributed by atoms with Gasteiger partial charge in [-0.05, 0) is 26.2 Å². The van der Waals surface area contributed by atoms with Crippen LogP contribution in [0.4, 0.5) is 0 Å². The molecule has 0 amide bonds. The Hall–Kier alpha value is -1.10. The van der Waals surface area contributed by atoms with E-state index >= 15 is 0 Å². The third-order valence-corrected chi connectivity index (χ3v) is 4.04. The second-order valence-corrected chi connectivity index (χ2v) is 6.90. The zero-order valence-electron chi connectivity index (χ0n) is 14.1. The van der Waals surface area contributed by atoms with Crippen LogP contribution in [-0.4, -0.2) is 36.0 Å². The average Bonchev–Trinajstić information content (AvgIpc) is 2.82. The Kier molecular flexibility index (Phi) is 8.35. The fourth-order valence-electron chi connectivity index (χ4n) is 2.12. The van der Waals surface area contributed by atoms with Gasteiger partial charge in [0.25, 0.3) is 0 Å². The maximum Gasteiger partial charge on any atom is 0.194 e. The van der Waals surface area contributed by atoms with E-state index in [0.29, 0.717) is 0 Å². The number of thiazole rings is 1. The lowest BCUT2D eigenvalue weighted by atomic mass is 10.1. The molecule has 0 spiro atoms. The minimum absolute atomic E-state index is 0.790. The number of aliphatic imine (C=N–C) groups is 1. The van der Waals surface area contributed by atoms with Crippen LogP contribution in [0, 0.1) is 12.8 Å². The summed E-state index contributed by atoms with van der Waals surface area (Å²) in [5, 5.41) is 6.60. The molecule has 0 saturated carbocycles. The van der Waals surface area contributed by atoms with E-state index in [1.165, 1.54) is 12.8 Å². The molecule has 1 aromatic heterocycles. The predicted molar refractivity (Wildman–Crippen MR) is 93.0 cm³/mol. The SMILES string of the molecule is CCNC(=NCCCCC(C)C)N(C)Cc1csc(C)n1. The number of hydrogen-bond donors (Lipinski definition) is 1. The van der Waals surface area contributed by atoms with Crippen LogP contribution < -0.4 is 5.32 Å². The van der Waals surface area contributed by atoms with Crippen LogP contribution in [0.3, 0.4) is 0 Å². The zero-order valence-corrected chi connectivity index (χ0v) is 15.0. The van der Waals surface area contributed by atoms with E-state index in [-0.39, 0.29) is 0 Å². The second kappa shape index (κ2) is 9.77. The lowest BCUT2D eigenvalue weighted by molar-refractivity contribution is 0.469. The van der Waals surface area contributed by atoms with E-state index < -0.39 is 0 Å². The highest BCUT2D eigenvalue weighted by atomic mass is 32.1. The average molecular weight is 311 g/mol. The van der Waals surface area contributed by atoms with E-state index in [0.717, 1.165) is 48.6 Å². The van der Waals surface area contributed by atoms with Crippen LogP contribution in [-0.2, 0) is 6.54 Å². The van der Waals surface area contributed by atoms with Crippen molar-refractivity contribution < 1.29 is 0 Å². The third kappa shape index (κ3) is 7.46. The molecular weight excluding hydrogens is 280 g/mol. The largest absolute Gasteiger partial charge is 0.357 e. The fraction of sp³-hybridized carbons (Fsp3) is 0.750. The van der Waals surface area contributed by atoms with Crippen molar-refractivity contribution in [1.82, 2.24) is 15.2 Å². The van der Waals surface area contributed by atoms with E-state index in [4.69, 9.17) is 4.99 Å². The minimum atomic E-state index is 0.790. The first kappa shape index (κ1) is 18.0. The van der Waals surface area contributed by atoms with Crippen molar-refractivity contribution in [2.45, 2.75) is 53.5 Å². The Morgan fingerprint density at radius 2 is 2.19 bits per heavy atom. The first-order chi connectivity index (χ1) is 10.0. The molecule has 5 heteroatoms. The molecule has 120 valence electrons. The molecule has 0 bridgehead atoms. The van der Waals surface area contributed by atoms with Crippen molar-refractivity contribution in [3.05, 3.63) is 16.1 Å². The molecule has 21 heavy (non-hydrogen) atoms. The molecule has 0 aliphatic carbocycles. The number of unbranched alkanes of at least 4 members (excludes halogenated alkanes) is 1. The van der Waals surface area contributed by atoms with E-state index in [2.05, 4.69) is 48.4 Å². The second-order valence-electron chi connectivity index (χ2n) is 5.84. The summed E-state index contributed by atoms with van der Waals surface area (Å²) in [6, 6.07) is 0. The van der Waals surface area contributed by atoms with Crippen LogP contribution in [0.15, 0.2) is 10.4 Å². The van der Waals surface area contributed by atoms with Crippen molar-refractivity contribution in [2.24, 2.45) is 10.9 Å². The number of nitrogens with zero attached hydrogens (tertiary/aromatic N) is 3. The van der Waals surface area contributed by atoms with E-state index in [9.17, 15) is 0 Å². The monoisotopic (exact) mass is 310 g/mol. The van der Waals surface area contributed by atoms with Crippen molar-refractivity contribution in [3.8, 4) is 0 Å². The summed E-state index contributed by atoms with van der Waals surface area (Å²) in [7, 11) is 2.07. The third-order valence-electron chi connectivity index (χ3n) is 3.21. The summed E-state index contributed by atoms with van der Waals surface area (Å²) >= 11 is 1.70. The normalized spacial score (nSPS) is 12.0. The van der Waals surface area contributed by atoms with Gasteiger partial charge in [-0.2, -0.15) is 0 Å². The Labute approximate surface area is 133 Å². The van der Waals surface area contributed by atoms with Crippen LogP contribution in [0.5, 0.6) is 0 Å².